The minimum Gasteiger partial charge on any atom is -0.435 e. The van der Waals surface area contributed by atoms with Crippen LogP contribution in [-0.2, 0) is 6.42 Å². The molecule has 0 radical (unpaired) electrons. The molecular formula is C14H13F2NO2. The maximum Gasteiger partial charge on any atom is 0.387 e. The van der Waals surface area contributed by atoms with Gasteiger partial charge in [-0.1, -0.05) is 18.2 Å². The molecule has 0 fully saturated rings. The Kier molecular flexibility index (Phi) is 4.41. The van der Waals surface area contributed by atoms with Crippen molar-refractivity contribution in [3.63, 3.8) is 0 Å². The minimum atomic E-state index is -2.84. The highest BCUT2D eigenvalue weighted by Gasteiger charge is 2.10. The SMILES string of the molecule is OC(Cc1ccccn1)c1ccc(OC(F)F)cc1. The zero-order chi connectivity index (χ0) is 13.7. The molecule has 5 heteroatoms. The summed E-state index contributed by atoms with van der Waals surface area (Å²) in [7, 11) is 0. The Morgan fingerprint density at radius 2 is 1.84 bits per heavy atom. The van der Waals surface area contributed by atoms with Gasteiger partial charge < -0.3 is 9.84 Å². The molecule has 0 saturated heterocycles. The first-order chi connectivity index (χ1) is 9.15. The Bertz CT molecular complexity index is 503. The van der Waals surface area contributed by atoms with Gasteiger partial charge in [0.1, 0.15) is 5.75 Å². The fraction of sp³-hybridized carbons (Fsp3) is 0.214. The van der Waals surface area contributed by atoms with E-state index in [1.807, 2.05) is 12.1 Å². The minimum absolute atomic E-state index is 0.0730. The second kappa shape index (κ2) is 6.24. The van der Waals surface area contributed by atoms with Crippen LogP contribution in [0.3, 0.4) is 0 Å². The number of nitrogens with zero attached hydrogens (tertiary/aromatic N) is 1. The van der Waals surface area contributed by atoms with Crippen LogP contribution in [0.5, 0.6) is 5.75 Å². The van der Waals surface area contributed by atoms with Crippen LogP contribution >= 0.6 is 0 Å². The van der Waals surface area contributed by atoms with Crippen LogP contribution in [0, 0.1) is 0 Å². The zero-order valence-corrected chi connectivity index (χ0v) is 10.0. The van der Waals surface area contributed by atoms with E-state index in [1.54, 1.807) is 24.4 Å². The number of hydrogen-bond donors (Lipinski definition) is 1. The number of alkyl halides is 2. The van der Waals surface area contributed by atoms with Crippen molar-refractivity contribution < 1.29 is 18.6 Å². The summed E-state index contributed by atoms with van der Waals surface area (Å²) in [5.74, 6) is 0.0730. The smallest absolute Gasteiger partial charge is 0.387 e. The summed E-state index contributed by atoms with van der Waals surface area (Å²) >= 11 is 0. The van der Waals surface area contributed by atoms with E-state index in [-0.39, 0.29) is 5.75 Å². The predicted octanol–water partition coefficient (Wildman–Crippen LogP) is 2.96. The molecule has 0 aliphatic rings. The topological polar surface area (TPSA) is 42.4 Å². The standard InChI is InChI=1S/C14H13F2NO2/c15-14(16)19-12-6-4-10(5-7-12)13(18)9-11-3-1-2-8-17-11/h1-8,13-14,18H,9H2. The second-order valence-corrected chi connectivity index (χ2v) is 3.99. The molecule has 0 spiro atoms. The number of aromatic nitrogens is 1. The summed E-state index contributed by atoms with van der Waals surface area (Å²) < 4.78 is 28.2. The van der Waals surface area contributed by atoms with Crippen LogP contribution in [0.15, 0.2) is 48.7 Å². The number of hydrogen-bond acceptors (Lipinski definition) is 3. The van der Waals surface area contributed by atoms with E-state index in [0.717, 1.165) is 5.69 Å². The van der Waals surface area contributed by atoms with E-state index in [4.69, 9.17) is 0 Å². The van der Waals surface area contributed by atoms with Gasteiger partial charge in [0.15, 0.2) is 0 Å². The van der Waals surface area contributed by atoms with E-state index < -0.39 is 12.7 Å². The van der Waals surface area contributed by atoms with E-state index >= 15 is 0 Å². The molecule has 2 rings (SSSR count). The van der Waals surface area contributed by atoms with Gasteiger partial charge in [-0.15, -0.1) is 0 Å². The molecule has 2 aromatic rings. The largest absolute Gasteiger partial charge is 0.435 e. The number of halogens is 2. The number of pyridine rings is 1. The van der Waals surface area contributed by atoms with Crippen molar-refractivity contribution in [1.29, 1.82) is 0 Å². The van der Waals surface area contributed by atoms with Gasteiger partial charge in [-0.25, -0.2) is 0 Å². The van der Waals surface area contributed by atoms with Crippen LogP contribution < -0.4 is 4.74 Å². The normalized spacial score (nSPS) is 12.4. The highest BCUT2D eigenvalue weighted by atomic mass is 19.3. The molecule has 0 aliphatic heterocycles. The van der Waals surface area contributed by atoms with E-state index in [2.05, 4.69) is 9.72 Å². The molecule has 0 bridgehead atoms. The highest BCUT2D eigenvalue weighted by Crippen LogP contribution is 2.21. The van der Waals surface area contributed by atoms with Gasteiger partial charge in [0, 0.05) is 18.3 Å². The molecule has 19 heavy (non-hydrogen) atoms. The molecule has 0 aliphatic carbocycles. The van der Waals surface area contributed by atoms with Gasteiger partial charge in [0.2, 0.25) is 0 Å². The van der Waals surface area contributed by atoms with Crippen LogP contribution in [0.2, 0.25) is 0 Å². The number of aliphatic hydroxyl groups excluding tert-OH is 1. The Morgan fingerprint density at radius 1 is 1.11 bits per heavy atom. The Labute approximate surface area is 109 Å². The first kappa shape index (κ1) is 13.4. The third-order valence-electron chi connectivity index (χ3n) is 2.62. The molecule has 1 atom stereocenters. The molecule has 1 N–H and O–H groups in total. The molecule has 1 unspecified atom stereocenters. The lowest BCUT2D eigenvalue weighted by atomic mass is 10.0. The van der Waals surface area contributed by atoms with Crippen molar-refractivity contribution in [1.82, 2.24) is 4.98 Å². The van der Waals surface area contributed by atoms with Gasteiger partial charge in [0.25, 0.3) is 0 Å². The molecule has 1 aromatic carbocycles. The van der Waals surface area contributed by atoms with Crippen molar-refractivity contribution in [2.45, 2.75) is 19.1 Å². The lowest BCUT2D eigenvalue weighted by molar-refractivity contribution is -0.0498. The highest BCUT2D eigenvalue weighted by molar-refractivity contribution is 5.29. The Balaban J connectivity index is 2.01. The summed E-state index contributed by atoms with van der Waals surface area (Å²) in [4.78, 5) is 4.12. The summed E-state index contributed by atoms with van der Waals surface area (Å²) in [5, 5.41) is 10.0. The van der Waals surface area contributed by atoms with Crippen LogP contribution in [0.25, 0.3) is 0 Å². The maximum absolute atomic E-state index is 12.0. The molecule has 100 valence electrons. The molecule has 3 nitrogen and oxygen atoms in total. The lowest BCUT2D eigenvalue weighted by Crippen LogP contribution is -2.04. The van der Waals surface area contributed by atoms with Gasteiger partial charge in [0.05, 0.1) is 6.10 Å². The summed E-state index contributed by atoms with van der Waals surface area (Å²) in [6.45, 7) is -2.84. The van der Waals surface area contributed by atoms with Gasteiger partial charge in [-0.3, -0.25) is 4.98 Å². The molecule has 1 aromatic heterocycles. The first-order valence-corrected chi connectivity index (χ1v) is 5.78. The second-order valence-electron chi connectivity index (χ2n) is 3.99. The predicted molar refractivity (Wildman–Crippen MR) is 66.0 cm³/mol. The van der Waals surface area contributed by atoms with Gasteiger partial charge in [-0.2, -0.15) is 8.78 Å². The Hall–Kier alpha value is -2.01. The number of benzene rings is 1. The fourth-order valence-corrected chi connectivity index (χ4v) is 1.71. The summed E-state index contributed by atoms with van der Waals surface area (Å²) in [5.41, 5.74) is 1.40. The summed E-state index contributed by atoms with van der Waals surface area (Å²) in [6, 6.07) is 11.4. The molecule has 0 amide bonds. The lowest BCUT2D eigenvalue weighted by Gasteiger charge is -2.11. The van der Waals surface area contributed by atoms with Crippen molar-refractivity contribution in [2.24, 2.45) is 0 Å². The third-order valence-corrected chi connectivity index (χ3v) is 2.62. The number of aliphatic hydroxyl groups is 1. The average molecular weight is 265 g/mol. The summed E-state index contributed by atoms with van der Waals surface area (Å²) in [6.07, 6.45) is 1.30. The number of ether oxygens (including phenoxy) is 1. The monoisotopic (exact) mass is 265 g/mol. The fourth-order valence-electron chi connectivity index (χ4n) is 1.71. The first-order valence-electron chi connectivity index (χ1n) is 5.78. The quantitative estimate of drug-likeness (QED) is 0.903. The van der Waals surface area contributed by atoms with E-state index in [0.29, 0.717) is 12.0 Å². The number of rotatable bonds is 5. The maximum atomic E-state index is 12.0. The van der Waals surface area contributed by atoms with E-state index in [1.165, 1.54) is 12.1 Å². The van der Waals surface area contributed by atoms with Crippen molar-refractivity contribution in [3.05, 3.63) is 59.9 Å². The van der Waals surface area contributed by atoms with Crippen LogP contribution in [-0.4, -0.2) is 16.7 Å². The van der Waals surface area contributed by atoms with E-state index in [9.17, 15) is 13.9 Å². The van der Waals surface area contributed by atoms with Crippen LogP contribution in [0.4, 0.5) is 8.78 Å². The van der Waals surface area contributed by atoms with Gasteiger partial charge in [-0.05, 0) is 29.8 Å². The molecule has 1 heterocycles. The average Bonchev–Trinajstić information content (AvgIpc) is 2.40. The third kappa shape index (κ3) is 3.99. The molecular weight excluding hydrogens is 252 g/mol. The van der Waals surface area contributed by atoms with Crippen LogP contribution in [0.1, 0.15) is 17.4 Å². The zero-order valence-electron chi connectivity index (χ0n) is 10.0. The molecule has 0 saturated carbocycles. The Morgan fingerprint density at radius 3 is 2.42 bits per heavy atom. The van der Waals surface area contributed by atoms with Gasteiger partial charge >= 0.3 is 6.61 Å². The van der Waals surface area contributed by atoms with Crippen molar-refractivity contribution >= 4 is 0 Å². The van der Waals surface area contributed by atoms with Crippen molar-refractivity contribution in [3.8, 4) is 5.75 Å². The van der Waals surface area contributed by atoms with Crippen molar-refractivity contribution in [2.75, 3.05) is 0 Å².